The van der Waals surface area contributed by atoms with Crippen molar-refractivity contribution in [3.8, 4) is 28.3 Å². The standard InChI is InChI=1S/C20H15FN4/c1-2-8-23-20-11-17(13-24-25-20)14-4-3-5-15(9-14)19-7-6-18(21)10-16(19)12-22/h2-7,9-11,13H,1,8H2,(H,23,25). The maximum absolute atomic E-state index is 13.4. The lowest BCUT2D eigenvalue weighted by Crippen LogP contribution is -2.01. The molecule has 0 saturated carbocycles. The lowest BCUT2D eigenvalue weighted by Gasteiger charge is -2.09. The third-order valence-corrected chi connectivity index (χ3v) is 3.69. The van der Waals surface area contributed by atoms with Gasteiger partial charge in [-0.1, -0.05) is 30.3 Å². The van der Waals surface area contributed by atoms with Crippen LogP contribution in [0.3, 0.4) is 0 Å². The van der Waals surface area contributed by atoms with E-state index in [1.54, 1.807) is 18.3 Å². The van der Waals surface area contributed by atoms with Crippen molar-refractivity contribution in [3.05, 3.63) is 78.8 Å². The second-order valence-electron chi connectivity index (χ2n) is 5.38. The Morgan fingerprint density at radius 3 is 2.76 bits per heavy atom. The summed E-state index contributed by atoms with van der Waals surface area (Å²) in [5.41, 5.74) is 3.66. The number of hydrogen-bond donors (Lipinski definition) is 1. The van der Waals surface area contributed by atoms with E-state index in [9.17, 15) is 9.65 Å². The lowest BCUT2D eigenvalue weighted by molar-refractivity contribution is 0.627. The third-order valence-electron chi connectivity index (χ3n) is 3.69. The van der Waals surface area contributed by atoms with E-state index in [0.717, 1.165) is 16.7 Å². The van der Waals surface area contributed by atoms with Gasteiger partial charge in [0.25, 0.3) is 0 Å². The Balaban J connectivity index is 2.00. The predicted molar refractivity (Wildman–Crippen MR) is 96.3 cm³/mol. The molecule has 3 aromatic rings. The van der Waals surface area contributed by atoms with Gasteiger partial charge in [-0.25, -0.2) is 4.39 Å². The second-order valence-corrected chi connectivity index (χ2v) is 5.38. The molecule has 0 aliphatic carbocycles. The molecule has 25 heavy (non-hydrogen) atoms. The van der Waals surface area contributed by atoms with Gasteiger partial charge in [0.2, 0.25) is 0 Å². The minimum absolute atomic E-state index is 0.304. The van der Waals surface area contributed by atoms with Gasteiger partial charge >= 0.3 is 0 Å². The Morgan fingerprint density at radius 2 is 1.96 bits per heavy atom. The van der Waals surface area contributed by atoms with Gasteiger partial charge in [-0.15, -0.1) is 11.7 Å². The van der Waals surface area contributed by atoms with Crippen LogP contribution in [-0.4, -0.2) is 16.7 Å². The highest BCUT2D eigenvalue weighted by atomic mass is 19.1. The van der Waals surface area contributed by atoms with Crippen LogP contribution < -0.4 is 5.32 Å². The Kier molecular flexibility index (Phi) is 4.82. The van der Waals surface area contributed by atoms with Gasteiger partial charge in [0.15, 0.2) is 0 Å². The highest BCUT2D eigenvalue weighted by Gasteiger charge is 2.08. The van der Waals surface area contributed by atoms with Gasteiger partial charge in [-0.05, 0) is 41.0 Å². The first-order valence-corrected chi connectivity index (χ1v) is 7.69. The SMILES string of the molecule is C=CCNc1cc(-c2cccc(-c3ccc(F)cc3C#N)c2)cnn1. The zero-order valence-corrected chi connectivity index (χ0v) is 13.4. The van der Waals surface area contributed by atoms with Crippen LogP contribution in [0.15, 0.2) is 67.4 Å². The Labute approximate surface area is 145 Å². The van der Waals surface area contributed by atoms with E-state index in [1.165, 1.54) is 12.1 Å². The van der Waals surface area contributed by atoms with Crippen molar-refractivity contribution in [2.24, 2.45) is 0 Å². The van der Waals surface area contributed by atoms with E-state index in [1.807, 2.05) is 36.4 Å². The molecule has 1 N–H and O–H groups in total. The maximum Gasteiger partial charge on any atom is 0.149 e. The summed E-state index contributed by atoms with van der Waals surface area (Å²) >= 11 is 0. The molecular formula is C20H15FN4. The largest absolute Gasteiger partial charge is 0.365 e. The first-order valence-electron chi connectivity index (χ1n) is 7.69. The van der Waals surface area contributed by atoms with Crippen LogP contribution in [0.25, 0.3) is 22.3 Å². The average Bonchev–Trinajstić information content (AvgIpc) is 2.66. The van der Waals surface area contributed by atoms with Gasteiger partial charge in [-0.2, -0.15) is 10.4 Å². The van der Waals surface area contributed by atoms with Crippen molar-refractivity contribution >= 4 is 5.82 Å². The number of rotatable bonds is 5. The molecule has 2 aromatic carbocycles. The second kappa shape index (κ2) is 7.37. The van der Waals surface area contributed by atoms with E-state index in [2.05, 4.69) is 22.1 Å². The van der Waals surface area contributed by atoms with Crippen molar-refractivity contribution in [1.29, 1.82) is 5.26 Å². The summed E-state index contributed by atoms with van der Waals surface area (Å²) in [4.78, 5) is 0. The minimum Gasteiger partial charge on any atom is -0.365 e. The number of nitriles is 1. The summed E-state index contributed by atoms with van der Waals surface area (Å²) in [6.07, 6.45) is 3.42. The summed E-state index contributed by atoms with van der Waals surface area (Å²) in [5.74, 6) is 0.232. The molecule has 0 bridgehead atoms. The van der Waals surface area contributed by atoms with Gasteiger partial charge in [-0.3, -0.25) is 0 Å². The Morgan fingerprint density at radius 1 is 1.12 bits per heavy atom. The lowest BCUT2D eigenvalue weighted by atomic mass is 9.97. The Bertz CT molecular complexity index is 960. The fraction of sp³-hybridized carbons (Fsp3) is 0.0500. The molecule has 0 spiro atoms. The summed E-state index contributed by atoms with van der Waals surface area (Å²) < 4.78 is 13.4. The zero-order chi connectivity index (χ0) is 17.6. The fourth-order valence-electron chi connectivity index (χ4n) is 2.51. The summed E-state index contributed by atoms with van der Waals surface area (Å²) in [5, 5.41) is 20.4. The van der Waals surface area contributed by atoms with Crippen LogP contribution >= 0.6 is 0 Å². The van der Waals surface area contributed by atoms with Crippen molar-refractivity contribution in [3.63, 3.8) is 0 Å². The number of halogens is 1. The quantitative estimate of drug-likeness (QED) is 0.704. The average molecular weight is 330 g/mol. The predicted octanol–water partition coefficient (Wildman–Crippen LogP) is 4.42. The summed E-state index contributed by atoms with van der Waals surface area (Å²) in [6.45, 7) is 4.26. The first kappa shape index (κ1) is 16.3. The summed E-state index contributed by atoms with van der Waals surface area (Å²) in [6, 6.07) is 15.8. The molecule has 0 aliphatic rings. The molecule has 3 rings (SSSR count). The van der Waals surface area contributed by atoms with Gasteiger partial charge < -0.3 is 5.32 Å². The van der Waals surface area contributed by atoms with Crippen LogP contribution in [0, 0.1) is 17.1 Å². The normalized spacial score (nSPS) is 10.1. The molecule has 5 heteroatoms. The Hall–Kier alpha value is -3.52. The van der Waals surface area contributed by atoms with E-state index < -0.39 is 5.82 Å². The van der Waals surface area contributed by atoms with Gasteiger partial charge in [0.05, 0.1) is 17.8 Å². The molecule has 122 valence electrons. The van der Waals surface area contributed by atoms with E-state index >= 15 is 0 Å². The van der Waals surface area contributed by atoms with E-state index in [-0.39, 0.29) is 0 Å². The topological polar surface area (TPSA) is 61.6 Å². The molecular weight excluding hydrogens is 315 g/mol. The molecule has 0 saturated heterocycles. The van der Waals surface area contributed by atoms with Crippen molar-refractivity contribution < 1.29 is 4.39 Å². The maximum atomic E-state index is 13.4. The van der Waals surface area contributed by atoms with Gasteiger partial charge in [0, 0.05) is 12.1 Å². The number of aromatic nitrogens is 2. The van der Waals surface area contributed by atoms with Crippen LogP contribution in [0.2, 0.25) is 0 Å². The number of nitrogens with one attached hydrogen (secondary N) is 1. The molecule has 0 radical (unpaired) electrons. The molecule has 4 nitrogen and oxygen atoms in total. The van der Waals surface area contributed by atoms with Gasteiger partial charge in [0.1, 0.15) is 11.6 Å². The molecule has 0 aliphatic heterocycles. The smallest absolute Gasteiger partial charge is 0.149 e. The summed E-state index contributed by atoms with van der Waals surface area (Å²) in [7, 11) is 0. The van der Waals surface area contributed by atoms with Crippen LogP contribution in [0.5, 0.6) is 0 Å². The van der Waals surface area contributed by atoms with E-state index in [4.69, 9.17) is 0 Å². The van der Waals surface area contributed by atoms with Crippen molar-refractivity contribution in [2.75, 3.05) is 11.9 Å². The first-order chi connectivity index (χ1) is 12.2. The number of anilines is 1. The molecule has 1 heterocycles. The van der Waals surface area contributed by atoms with Crippen molar-refractivity contribution in [1.82, 2.24) is 10.2 Å². The highest BCUT2D eigenvalue weighted by molar-refractivity contribution is 5.76. The monoisotopic (exact) mass is 330 g/mol. The molecule has 1 aromatic heterocycles. The molecule has 0 amide bonds. The van der Waals surface area contributed by atoms with E-state index in [0.29, 0.717) is 23.5 Å². The molecule has 0 fully saturated rings. The molecule has 0 atom stereocenters. The van der Waals surface area contributed by atoms with Crippen LogP contribution in [0.4, 0.5) is 10.2 Å². The minimum atomic E-state index is -0.423. The van der Waals surface area contributed by atoms with Crippen LogP contribution in [-0.2, 0) is 0 Å². The number of hydrogen-bond acceptors (Lipinski definition) is 4. The number of nitrogens with zero attached hydrogens (tertiary/aromatic N) is 3. The highest BCUT2D eigenvalue weighted by Crippen LogP contribution is 2.29. The zero-order valence-electron chi connectivity index (χ0n) is 13.4. The van der Waals surface area contributed by atoms with Crippen LogP contribution in [0.1, 0.15) is 5.56 Å². The third kappa shape index (κ3) is 3.70. The fourth-order valence-corrected chi connectivity index (χ4v) is 2.51. The van der Waals surface area contributed by atoms with Crippen molar-refractivity contribution in [2.45, 2.75) is 0 Å². The molecule has 0 unspecified atom stereocenters. The number of benzene rings is 2.